The van der Waals surface area contributed by atoms with E-state index in [1.165, 1.54) is 0 Å². The molecule has 5 heteroatoms. The fourth-order valence-electron chi connectivity index (χ4n) is 2.38. The summed E-state index contributed by atoms with van der Waals surface area (Å²) in [5.74, 6) is 0.799. The fraction of sp³-hybridized carbons (Fsp3) is 0.714. The molecule has 0 atom stereocenters. The third-order valence-electron chi connectivity index (χ3n) is 3.40. The molecule has 1 N–H and O–H groups in total. The van der Waals surface area contributed by atoms with Crippen molar-refractivity contribution in [2.45, 2.75) is 38.8 Å². The van der Waals surface area contributed by atoms with Crippen LogP contribution in [0.5, 0.6) is 0 Å². The Bertz CT molecular complexity index is 387. The van der Waals surface area contributed by atoms with Crippen LogP contribution in [-0.2, 0) is 21.6 Å². The van der Waals surface area contributed by atoms with Crippen molar-refractivity contribution in [1.29, 1.82) is 0 Å². The van der Waals surface area contributed by atoms with Gasteiger partial charge in [-0.1, -0.05) is 6.92 Å². The van der Waals surface area contributed by atoms with Gasteiger partial charge in [0.2, 0.25) is 0 Å². The maximum absolute atomic E-state index is 5.99. The molecule has 0 aromatic carbocycles. The molecule has 1 aliphatic rings. The summed E-state index contributed by atoms with van der Waals surface area (Å²) >= 11 is 0. The van der Waals surface area contributed by atoms with E-state index in [1.807, 2.05) is 19.2 Å². The Morgan fingerprint density at radius 3 is 2.84 bits per heavy atom. The number of hydrogen-bond acceptors (Lipinski definition) is 5. The molecule has 0 spiro atoms. The maximum atomic E-state index is 5.99. The van der Waals surface area contributed by atoms with E-state index in [0.717, 1.165) is 37.4 Å². The minimum Gasteiger partial charge on any atom is -0.381 e. The van der Waals surface area contributed by atoms with Crippen LogP contribution in [0.25, 0.3) is 0 Å². The first-order chi connectivity index (χ1) is 9.30. The average Bonchev–Trinajstić information content (AvgIpc) is 2.47. The van der Waals surface area contributed by atoms with Crippen LogP contribution in [0.3, 0.4) is 0 Å². The molecule has 106 valence electrons. The number of hydrogen-bond donors (Lipinski definition) is 1. The van der Waals surface area contributed by atoms with E-state index in [2.05, 4.69) is 22.2 Å². The molecule has 0 radical (unpaired) electrons. The molecule has 1 fully saturated rings. The highest BCUT2D eigenvalue weighted by Crippen LogP contribution is 2.33. The normalized spacial score (nSPS) is 18.4. The lowest BCUT2D eigenvalue weighted by Gasteiger charge is -2.35. The second-order valence-electron chi connectivity index (χ2n) is 4.69. The molecule has 0 amide bonds. The molecule has 0 bridgehead atoms. The molecule has 0 saturated carbocycles. The van der Waals surface area contributed by atoms with E-state index < -0.39 is 0 Å². The van der Waals surface area contributed by atoms with E-state index in [1.54, 1.807) is 0 Å². The van der Waals surface area contributed by atoms with Crippen molar-refractivity contribution < 1.29 is 9.47 Å². The van der Waals surface area contributed by atoms with Gasteiger partial charge in [-0.15, -0.1) is 0 Å². The summed E-state index contributed by atoms with van der Waals surface area (Å²) in [5.41, 5.74) is 0.646. The summed E-state index contributed by atoms with van der Waals surface area (Å²) in [7, 11) is 0. The first-order valence-corrected chi connectivity index (χ1v) is 7.05. The number of nitrogens with one attached hydrogen (secondary N) is 1. The predicted molar refractivity (Wildman–Crippen MR) is 72.8 cm³/mol. The zero-order valence-corrected chi connectivity index (χ0v) is 11.8. The third kappa shape index (κ3) is 3.49. The first-order valence-electron chi connectivity index (χ1n) is 7.05. The quantitative estimate of drug-likeness (QED) is 0.847. The van der Waals surface area contributed by atoms with E-state index in [0.29, 0.717) is 19.8 Å². The fourth-order valence-corrected chi connectivity index (χ4v) is 2.38. The molecule has 0 unspecified atom stereocenters. The highest BCUT2D eigenvalue weighted by Gasteiger charge is 2.38. The lowest BCUT2D eigenvalue weighted by molar-refractivity contribution is -0.118. The largest absolute Gasteiger partial charge is 0.381 e. The van der Waals surface area contributed by atoms with Gasteiger partial charge in [-0.3, -0.25) is 0 Å². The van der Waals surface area contributed by atoms with Crippen LogP contribution in [0.1, 0.15) is 38.2 Å². The lowest BCUT2D eigenvalue weighted by atomic mass is 9.93. The van der Waals surface area contributed by atoms with Crippen LogP contribution in [0.4, 0.5) is 0 Å². The Hall–Kier alpha value is -1.04. The van der Waals surface area contributed by atoms with E-state index >= 15 is 0 Å². The van der Waals surface area contributed by atoms with Crippen molar-refractivity contribution in [3.05, 3.63) is 23.8 Å². The van der Waals surface area contributed by atoms with E-state index in [-0.39, 0.29) is 5.60 Å². The Labute approximate surface area is 114 Å². The maximum Gasteiger partial charge on any atom is 0.160 e. The van der Waals surface area contributed by atoms with Crippen molar-refractivity contribution in [3.8, 4) is 0 Å². The Balaban J connectivity index is 2.20. The molecule has 1 saturated heterocycles. The van der Waals surface area contributed by atoms with E-state index in [9.17, 15) is 0 Å². The predicted octanol–water partition coefficient (Wildman–Crippen LogP) is 1.63. The zero-order chi connectivity index (χ0) is 13.6. The molecule has 1 aromatic rings. The van der Waals surface area contributed by atoms with Gasteiger partial charge in [-0.05, 0) is 19.5 Å². The summed E-state index contributed by atoms with van der Waals surface area (Å²) in [5, 5.41) is 3.28. The summed E-state index contributed by atoms with van der Waals surface area (Å²) in [6.07, 6.45) is 3.47. The summed E-state index contributed by atoms with van der Waals surface area (Å²) in [4.78, 5) is 9.11. The molecule has 0 aliphatic carbocycles. The number of rotatable bonds is 6. The molecule has 2 heterocycles. The Morgan fingerprint density at radius 2 is 2.16 bits per heavy atom. The van der Waals surface area contributed by atoms with Crippen molar-refractivity contribution in [3.63, 3.8) is 0 Å². The average molecular weight is 265 g/mol. The molecular formula is C14H23N3O2. The molecule has 2 rings (SSSR count). The number of aromatic nitrogens is 2. The Kier molecular flexibility index (Phi) is 5.24. The molecular weight excluding hydrogens is 242 g/mol. The molecule has 1 aliphatic heterocycles. The van der Waals surface area contributed by atoms with Gasteiger partial charge in [0.15, 0.2) is 5.82 Å². The van der Waals surface area contributed by atoms with Gasteiger partial charge in [0, 0.05) is 45.4 Å². The summed E-state index contributed by atoms with van der Waals surface area (Å²) in [6, 6.07) is 1.95. The van der Waals surface area contributed by atoms with Crippen LogP contribution in [0, 0.1) is 0 Å². The number of ether oxygens (including phenoxy) is 2. The third-order valence-corrected chi connectivity index (χ3v) is 3.40. The minimum atomic E-state index is -0.366. The number of nitrogens with zero attached hydrogens (tertiary/aromatic N) is 2. The lowest BCUT2D eigenvalue weighted by Crippen LogP contribution is -2.38. The van der Waals surface area contributed by atoms with Crippen LogP contribution < -0.4 is 5.32 Å². The van der Waals surface area contributed by atoms with Gasteiger partial charge in [-0.2, -0.15) is 0 Å². The van der Waals surface area contributed by atoms with Gasteiger partial charge in [0.05, 0.1) is 5.69 Å². The summed E-state index contributed by atoms with van der Waals surface area (Å²) in [6.45, 7) is 7.89. The van der Waals surface area contributed by atoms with E-state index in [4.69, 9.17) is 9.47 Å². The van der Waals surface area contributed by atoms with Gasteiger partial charge in [0.25, 0.3) is 0 Å². The first kappa shape index (κ1) is 14.4. The van der Waals surface area contributed by atoms with Crippen molar-refractivity contribution in [2.75, 3.05) is 26.4 Å². The topological polar surface area (TPSA) is 56.3 Å². The Morgan fingerprint density at radius 1 is 1.37 bits per heavy atom. The van der Waals surface area contributed by atoms with Crippen molar-refractivity contribution in [2.24, 2.45) is 0 Å². The monoisotopic (exact) mass is 265 g/mol. The van der Waals surface area contributed by atoms with Crippen LogP contribution in [0.2, 0.25) is 0 Å². The van der Waals surface area contributed by atoms with Crippen LogP contribution in [-0.4, -0.2) is 36.3 Å². The van der Waals surface area contributed by atoms with Gasteiger partial charge >= 0.3 is 0 Å². The van der Waals surface area contributed by atoms with Gasteiger partial charge < -0.3 is 14.8 Å². The molecule has 19 heavy (non-hydrogen) atoms. The van der Waals surface area contributed by atoms with Crippen LogP contribution >= 0.6 is 0 Å². The summed E-state index contributed by atoms with van der Waals surface area (Å²) < 4.78 is 11.4. The van der Waals surface area contributed by atoms with Crippen molar-refractivity contribution in [1.82, 2.24) is 15.3 Å². The van der Waals surface area contributed by atoms with Crippen molar-refractivity contribution >= 4 is 0 Å². The highest BCUT2D eigenvalue weighted by molar-refractivity contribution is 5.09. The minimum absolute atomic E-state index is 0.366. The van der Waals surface area contributed by atoms with Crippen LogP contribution in [0.15, 0.2) is 12.3 Å². The smallest absolute Gasteiger partial charge is 0.160 e. The zero-order valence-electron chi connectivity index (χ0n) is 11.8. The molecule has 5 nitrogen and oxygen atoms in total. The highest BCUT2D eigenvalue weighted by atomic mass is 16.5. The SMILES string of the molecule is CCNCc1ccnc(C2(OCC)CCOCC2)n1. The molecule has 1 aromatic heterocycles. The van der Waals surface area contributed by atoms with Gasteiger partial charge in [-0.25, -0.2) is 9.97 Å². The second-order valence-corrected chi connectivity index (χ2v) is 4.69. The van der Waals surface area contributed by atoms with Gasteiger partial charge in [0.1, 0.15) is 5.60 Å². The standard InChI is InChI=1S/C14H23N3O2/c1-3-15-11-12-5-8-16-13(17-12)14(19-4-2)6-9-18-10-7-14/h5,8,15H,3-4,6-7,9-11H2,1-2H3. The second kappa shape index (κ2) is 6.93.